The van der Waals surface area contributed by atoms with Gasteiger partial charge in [0.1, 0.15) is 11.4 Å². The predicted octanol–water partition coefficient (Wildman–Crippen LogP) is 2.93. The van der Waals surface area contributed by atoms with Crippen LogP contribution in [0.25, 0.3) is 10.9 Å². The van der Waals surface area contributed by atoms with Gasteiger partial charge in [-0.25, -0.2) is 4.79 Å². The van der Waals surface area contributed by atoms with Crippen molar-refractivity contribution in [3.05, 3.63) is 70.5 Å². The number of fused-ring (bicyclic) bond motifs is 1. The molecule has 3 rings (SSSR count). The van der Waals surface area contributed by atoms with Gasteiger partial charge in [-0.05, 0) is 24.3 Å². The van der Waals surface area contributed by atoms with E-state index in [0.29, 0.717) is 10.9 Å². The highest BCUT2D eigenvalue weighted by molar-refractivity contribution is 5.96. The molecule has 0 saturated heterocycles. The van der Waals surface area contributed by atoms with Crippen LogP contribution in [0.4, 0.5) is 14.5 Å². The smallest absolute Gasteiger partial charge is 0.387 e. The largest absolute Gasteiger partial charge is 0.451 e. The summed E-state index contributed by atoms with van der Waals surface area (Å²) >= 11 is 0. The summed E-state index contributed by atoms with van der Waals surface area (Å²) in [5.74, 6) is -1.90. The van der Waals surface area contributed by atoms with Gasteiger partial charge in [0.2, 0.25) is 0 Å². The van der Waals surface area contributed by atoms with E-state index in [-0.39, 0.29) is 22.6 Å². The summed E-state index contributed by atoms with van der Waals surface area (Å²) in [7, 11) is 0. The molecule has 1 heterocycles. The van der Waals surface area contributed by atoms with E-state index in [1.807, 2.05) is 0 Å². The Morgan fingerprint density at radius 2 is 1.79 bits per heavy atom. The Labute approximate surface area is 156 Å². The lowest BCUT2D eigenvalue weighted by molar-refractivity contribution is -0.119. The summed E-state index contributed by atoms with van der Waals surface area (Å²) in [5.41, 5.74) is -0.0331. The molecule has 0 saturated carbocycles. The van der Waals surface area contributed by atoms with Crippen LogP contribution in [0.3, 0.4) is 0 Å². The third kappa shape index (κ3) is 4.50. The van der Waals surface area contributed by atoms with E-state index in [9.17, 15) is 23.2 Å². The molecule has 0 aliphatic heterocycles. The monoisotopic (exact) mass is 388 g/mol. The van der Waals surface area contributed by atoms with Crippen LogP contribution < -0.4 is 15.5 Å². The van der Waals surface area contributed by atoms with E-state index in [1.54, 1.807) is 24.3 Å². The van der Waals surface area contributed by atoms with Gasteiger partial charge in [-0.1, -0.05) is 24.3 Å². The maximum absolute atomic E-state index is 12.4. The molecular weight excluding hydrogens is 374 g/mol. The number of benzene rings is 2. The summed E-state index contributed by atoms with van der Waals surface area (Å²) < 4.78 is 34.0. The first-order valence-corrected chi connectivity index (χ1v) is 8.07. The average molecular weight is 388 g/mol. The second-order valence-corrected chi connectivity index (χ2v) is 5.59. The van der Waals surface area contributed by atoms with Gasteiger partial charge in [-0.2, -0.15) is 8.78 Å². The molecule has 0 bridgehead atoms. The van der Waals surface area contributed by atoms with Crippen molar-refractivity contribution < 1.29 is 27.8 Å². The number of esters is 1. The van der Waals surface area contributed by atoms with E-state index < -0.39 is 25.1 Å². The van der Waals surface area contributed by atoms with E-state index in [4.69, 9.17) is 4.74 Å². The number of hydrogen-bond donors (Lipinski definition) is 2. The van der Waals surface area contributed by atoms with Crippen LogP contribution in [-0.2, 0) is 9.53 Å². The van der Waals surface area contributed by atoms with Crippen LogP contribution in [0.15, 0.2) is 59.4 Å². The van der Waals surface area contributed by atoms with Gasteiger partial charge in [-0.15, -0.1) is 0 Å². The van der Waals surface area contributed by atoms with Gasteiger partial charge in [0.25, 0.3) is 5.91 Å². The van der Waals surface area contributed by atoms with Crippen molar-refractivity contribution in [3.63, 3.8) is 0 Å². The fourth-order valence-corrected chi connectivity index (χ4v) is 2.47. The normalized spacial score (nSPS) is 10.7. The summed E-state index contributed by atoms with van der Waals surface area (Å²) in [6.45, 7) is -3.74. The topological polar surface area (TPSA) is 97.5 Å². The number of carbonyl (C=O) groups is 2. The second kappa shape index (κ2) is 8.30. The quantitative estimate of drug-likeness (QED) is 0.633. The Balaban J connectivity index is 1.65. The molecule has 28 heavy (non-hydrogen) atoms. The van der Waals surface area contributed by atoms with Crippen molar-refractivity contribution in [1.29, 1.82) is 0 Å². The van der Waals surface area contributed by atoms with Gasteiger partial charge < -0.3 is 19.8 Å². The number of hydrogen-bond acceptors (Lipinski definition) is 5. The number of anilines is 1. The summed E-state index contributed by atoms with van der Waals surface area (Å²) in [5, 5.41) is 2.73. The molecule has 1 aromatic heterocycles. The molecule has 7 nitrogen and oxygen atoms in total. The third-order valence-electron chi connectivity index (χ3n) is 3.67. The second-order valence-electron chi connectivity index (χ2n) is 5.59. The first-order chi connectivity index (χ1) is 13.4. The first-order valence-electron chi connectivity index (χ1n) is 8.07. The molecule has 0 atom stereocenters. The molecular formula is C19H14F2N2O5. The van der Waals surface area contributed by atoms with Crippen LogP contribution in [0, 0.1) is 0 Å². The molecule has 0 radical (unpaired) electrons. The number of aromatic amines is 1. The highest BCUT2D eigenvalue weighted by atomic mass is 19.3. The molecule has 2 aromatic carbocycles. The molecule has 1 amide bonds. The highest BCUT2D eigenvalue weighted by Crippen LogP contribution is 2.25. The van der Waals surface area contributed by atoms with E-state index in [2.05, 4.69) is 15.0 Å². The van der Waals surface area contributed by atoms with Crippen molar-refractivity contribution in [1.82, 2.24) is 4.98 Å². The molecule has 0 fully saturated rings. The molecule has 144 valence electrons. The molecule has 2 N–H and O–H groups in total. The van der Waals surface area contributed by atoms with E-state index >= 15 is 0 Å². The maximum Gasteiger partial charge on any atom is 0.387 e. The molecule has 0 spiro atoms. The summed E-state index contributed by atoms with van der Waals surface area (Å²) in [6, 6.07) is 13.3. The number of para-hydroxylation sites is 3. The Morgan fingerprint density at radius 3 is 2.57 bits per heavy atom. The number of amides is 1. The Hall–Kier alpha value is -3.75. The van der Waals surface area contributed by atoms with E-state index in [1.165, 1.54) is 24.3 Å². The highest BCUT2D eigenvalue weighted by Gasteiger charge is 2.15. The van der Waals surface area contributed by atoms with Crippen LogP contribution in [-0.4, -0.2) is 30.1 Å². The minimum atomic E-state index is -3.05. The third-order valence-corrected chi connectivity index (χ3v) is 3.67. The minimum Gasteiger partial charge on any atom is -0.451 e. The van der Waals surface area contributed by atoms with Gasteiger partial charge in [0.05, 0.1) is 5.69 Å². The first kappa shape index (κ1) is 19.0. The molecule has 0 aliphatic rings. The molecule has 0 unspecified atom stereocenters. The van der Waals surface area contributed by atoms with Crippen molar-refractivity contribution in [3.8, 4) is 5.75 Å². The number of carbonyl (C=O) groups excluding carboxylic acids is 2. The summed E-state index contributed by atoms with van der Waals surface area (Å²) in [6.07, 6.45) is 0. The number of nitrogens with one attached hydrogen (secondary N) is 2. The van der Waals surface area contributed by atoms with Crippen molar-refractivity contribution in [2.24, 2.45) is 0 Å². The fourth-order valence-electron chi connectivity index (χ4n) is 2.47. The number of halogens is 2. The summed E-state index contributed by atoms with van der Waals surface area (Å²) in [4.78, 5) is 38.9. The number of H-pyrrole nitrogens is 1. The van der Waals surface area contributed by atoms with Gasteiger partial charge in [0, 0.05) is 17.0 Å². The average Bonchev–Trinajstić information content (AvgIpc) is 2.67. The van der Waals surface area contributed by atoms with E-state index in [0.717, 1.165) is 6.07 Å². The van der Waals surface area contributed by atoms with Crippen molar-refractivity contribution >= 4 is 28.5 Å². The van der Waals surface area contributed by atoms with Crippen LogP contribution in [0.1, 0.15) is 10.5 Å². The SMILES string of the molecule is O=C(COC(=O)c1cc(=O)c2ccccc2[nH]1)Nc1ccccc1OC(F)F. The van der Waals surface area contributed by atoms with Gasteiger partial charge in [-0.3, -0.25) is 9.59 Å². The Morgan fingerprint density at radius 1 is 1.07 bits per heavy atom. The minimum absolute atomic E-state index is 0.00274. The van der Waals surface area contributed by atoms with Crippen LogP contribution in [0.2, 0.25) is 0 Å². The zero-order valence-corrected chi connectivity index (χ0v) is 14.3. The maximum atomic E-state index is 12.4. The number of pyridine rings is 1. The lowest BCUT2D eigenvalue weighted by Crippen LogP contribution is -2.22. The molecule has 9 heteroatoms. The van der Waals surface area contributed by atoms with Crippen LogP contribution >= 0.6 is 0 Å². The number of rotatable bonds is 6. The molecule has 0 aliphatic carbocycles. The zero-order chi connectivity index (χ0) is 20.1. The number of ether oxygens (including phenoxy) is 2. The lowest BCUT2D eigenvalue weighted by Gasteiger charge is -2.11. The standard InChI is InChI=1S/C19H14F2N2O5/c20-19(21)28-16-8-4-3-7-13(16)23-17(25)10-27-18(26)14-9-15(24)11-5-1-2-6-12(11)22-14/h1-9,19H,10H2,(H,22,24)(H,23,25). The number of alkyl halides is 2. The van der Waals surface area contributed by atoms with Gasteiger partial charge in [0.15, 0.2) is 12.0 Å². The Kier molecular flexibility index (Phi) is 5.64. The number of aromatic nitrogens is 1. The van der Waals surface area contributed by atoms with Gasteiger partial charge >= 0.3 is 12.6 Å². The van der Waals surface area contributed by atoms with Crippen LogP contribution in [0.5, 0.6) is 5.75 Å². The fraction of sp³-hybridized carbons (Fsp3) is 0.105. The predicted molar refractivity (Wildman–Crippen MR) is 96.6 cm³/mol. The van der Waals surface area contributed by atoms with Crippen molar-refractivity contribution in [2.45, 2.75) is 6.61 Å². The van der Waals surface area contributed by atoms with Crippen molar-refractivity contribution in [2.75, 3.05) is 11.9 Å². The Bertz CT molecular complexity index is 1080. The molecule has 3 aromatic rings. The lowest BCUT2D eigenvalue weighted by atomic mass is 10.2. The zero-order valence-electron chi connectivity index (χ0n) is 14.3.